The highest BCUT2D eigenvalue weighted by atomic mass is 32.2. The predicted octanol–water partition coefficient (Wildman–Crippen LogP) is -1.66. The van der Waals surface area contributed by atoms with E-state index in [0.29, 0.717) is 18.6 Å². The molecule has 0 aromatic rings. The fourth-order valence-electron chi connectivity index (χ4n) is 2.73. The molecule has 0 spiro atoms. The molecule has 0 aliphatic heterocycles. The van der Waals surface area contributed by atoms with Crippen LogP contribution in [-0.4, -0.2) is 78.0 Å². The lowest BCUT2D eigenvalue weighted by Gasteiger charge is -2.27. The van der Waals surface area contributed by atoms with Crippen molar-refractivity contribution in [1.29, 1.82) is 0 Å². The molecule has 3 amide bonds. The molecule has 0 aromatic carbocycles. The Hall–Kier alpha value is -2.54. The zero-order chi connectivity index (χ0) is 24.7. The Morgan fingerprint density at radius 1 is 1.03 bits per heavy atom. The number of hydrogen-bond donors (Lipinski definition) is 7. The summed E-state index contributed by atoms with van der Waals surface area (Å²) in [5.41, 5.74) is 16.0. The quantitative estimate of drug-likeness (QED) is 0.0771. The average Bonchev–Trinajstić information content (AvgIpc) is 2.75. The number of carboxylic acid groups (broad SMARTS) is 1. The number of aliphatic imine (C=N–C) groups is 1. The van der Waals surface area contributed by atoms with E-state index in [2.05, 4.69) is 20.9 Å². The van der Waals surface area contributed by atoms with Gasteiger partial charge in [-0.05, 0) is 37.2 Å². The topological polar surface area (TPSA) is 215 Å². The highest BCUT2D eigenvalue weighted by molar-refractivity contribution is 7.98. The molecule has 0 aromatic heterocycles. The summed E-state index contributed by atoms with van der Waals surface area (Å²) in [6.45, 7) is 3.60. The summed E-state index contributed by atoms with van der Waals surface area (Å²) >= 11 is 1.46. The van der Waals surface area contributed by atoms with Crippen LogP contribution >= 0.6 is 11.8 Å². The maximum Gasteiger partial charge on any atom is 0.326 e. The van der Waals surface area contributed by atoms with Crippen molar-refractivity contribution in [1.82, 2.24) is 16.0 Å². The highest BCUT2D eigenvalue weighted by Crippen LogP contribution is 2.10. The lowest BCUT2D eigenvalue weighted by atomic mass is 9.97. The summed E-state index contributed by atoms with van der Waals surface area (Å²) in [7, 11) is 0. The van der Waals surface area contributed by atoms with E-state index in [1.807, 2.05) is 13.2 Å². The van der Waals surface area contributed by atoms with Gasteiger partial charge in [-0.25, -0.2) is 4.79 Å². The Balaban J connectivity index is 5.48. The Morgan fingerprint density at radius 2 is 1.66 bits per heavy atom. The maximum absolute atomic E-state index is 12.9. The van der Waals surface area contributed by atoms with Crippen LogP contribution in [0.5, 0.6) is 0 Å². The van der Waals surface area contributed by atoms with Crippen LogP contribution in [-0.2, 0) is 19.2 Å². The second kappa shape index (κ2) is 16.1. The van der Waals surface area contributed by atoms with Crippen molar-refractivity contribution in [2.45, 2.75) is 57.7 Å². The van der Waals surface area contributed by atoms with Gasteiger partial charge in [0.25, 0.3) is 0 Å². The first-order valence-corrected chi connectivity index (χ1v) is 11.8. The fourth-order valence-corrected chi connectivity index (χ4v) is 3.20. The van der Waals surface area contributed by atoms with Crippen molar-refractivity contribution in [3.63, 3.8) is 0 Å². The van der Waals surface area contributed by atoms with E-state index in [0.717, 1.165) is 0 Å². The summed E-state index contributed by atoms with van der Waals surface area (Å²) < 4.78 is 0. The Kier molecular flexibility index (Phi) is 14.9. The zero-order valence-electron chi connectivity index (χ0n) is 18.9. The molecule has 0 heterocycles. The summed E-state index contributed by atoms with van der Waals surface area (Å²) in [5, 5.41) is 17.1. The van der Waals surface area contributed by atoms with Crippen molar-refractivity contribution >= 4 is 41.4 Å². The minimum atomic E-state index is -1.16. The molecule has 32 heavy (non-hydrogen) atoms. The molecule has 0 saturated heterocycles. The van der Waals surface area contributed by atoms with Gasteiger partial charge in [-0.2, -0.15) is 11.8 Å². The molecule has 0 rings (SSSR count). The summed E-state index contributed by atoms with van der Waals surface area (Å²) in [6, 6.07) is -3.01. The number of nitrogens with zero attached hydrogens (tertiary/aromatic N) is 1. The third-order valence-corrected chi connectivity index (χ3v) is 5.44. The monoisotopic (exact) mass is 475 g/mol. The number of nitrogens with two attached hydrogens (primary N) is 3. The van der Waals surface area contributed by atoms with Crippen molar-refractivity contribution < 1.29 is 24.3 Å². The van der Waals surface area contributed by atoms with Gasteiger partial charge in [-0.1, -0.05) is 20.3 Å². The molecular formula is C19H37N7O5S. The second-order valence-corrected chi connectivity index (χ2v) is 8.31. The largest absolute Gasteiger partial charge is 0.480 e. The number of nitrogens with one attached hydrogen (secondary N) is 3. The first-order chi connectivity index (χ1) is 15.1. The highest BCUT2D eigenvalue weighted by Gasteiger charge is 2.31. The van der Waals surface area contributed by atoms with Gasteiger partial charge in [0.2, 0.25) is 17.7 Å². The van der Waals surface area contributed by atoms with E-state index in [4.69, 9.17) is 17.2 Å². The van der Waals surface area contributed by atoms with E-state index in [-0.39, 0.29) is 37.8 Å². The molecule has 184 valence electrons. The van der Waals surface area contributed by atoms with Crippen molar-refractivity contribution in [3.05, 3.63) is 0 Å². The summed E-state index contributed by atoms with van der Waals surface area (Å²) in [6.07, 6.45) is 3.19. The zero-order valence-corrected chi connectivity index (χ0v) is 19.7. The van der Waals surface area contributed by atoms with Crippen LogP contribution in [0.3, 0.4) is 0 Å². The van der Waals surface area contributed by atoms with Gasteiger partial charge in [-0.15, -0.1) is 0 Å². The second-order valence-electron chi connectivity index (χ2n) is 7.33. The Morgan fingerprint density at radius 3 is 2.16 bits per heavy atom. The van der Waals surface area contributed by atoms with Crippen LogP contribution < -0.4 is 33.2 Å². The molecule has 10 N–H and O–H groups in total. The summed E-state index contributed by atoms with van der Waals surface area (Å²) in [5.74, 6) is -2.62. The fraction of sp³-hybridized carbons (Fsp3) is 0.737. The smallest absolute Gasteiger partial charge is 0.326 e. The molecule has 12 nitrogen and oxygen atoms in total. The molecule has 4 atom stereocenters. The predicted molar refractivity (Wildman–Crippen MR) is 125 cm³/mol. The van der Waals surface area contributed by atoms with Crippen LogP contribution in [0.4, 0.5) is 0 Å². The number of carbonyl (C=O) groups is 4. The van der Waals surface area contributed by atoms with E-state index in [1.165, 1.54) is 11.8 Å². The lowest BCUT2D eigenvalue weighted by Crippen LogP contribution is -2.57. The van der Waals surface area contributed by atoms with Gasteiger partial charge in [-0.3, -0.25) is 19.4 Å². The van der Waals surface area contributed by atoms with Crippen LogP contribution in [0.1, 0.15) is 39.5 Å². The third kappa shape index (κ3) is 11.7. The van der Waals surface area contributed by atoms with Gasteiger partial charge in [0.15, 0.2) is 5.96 Å². The average molecular weight is 476 g/mol. The Labute approximate surface area is 192 Å². The number of rotatable bonds is 16. The number of thioether (sulfide) groups is 1. The van der Waals surface area contributed by atoms with Crippen molar-refractivity contribution in [2.24, 2.45) is 28.1 Å². The van der Waals surface area contributed by atoms with Gasteiger partial charge in [0, 0.05) is 6.54 Å². The van der Waals surface area contributed by atoms with Crippen LogP contribution in [0, 0.1) is 5.92 Å². The van der Waals surface area contributed by atoms with Gasteiger partial charge >= 0.3 is 5.97 Å². The first-order valence-electron chi connectivity index (χ1n) is 10.4. The molecule has 0 radical (unpaired) electrons. The first kappa shape index (κ1) is 29.5. The number of hydrogen-bond acceptors (Lipinski definition) is 7. The molecule has 0 bridgehead atoms. The van der Waals surface area contributed by atoms with Crippen LogP contribution in [0.25, 0.3) is 0 Å². The van der Waals surface area contributed by atoms with Gasteiger partial charge < -0.3 is 38.3 Å². The van der Waals surface area contributed by atoms with Gasteiger partial charge in [0.05, 0.1) is 6.54 Å². The molecule has 0 aliphatic rings. The molecular weight excluding hydrogens is 438 g/mol. The van der Waals surface area contributed by atoms with E-state index < -0.39 is 41.8 Å². The molecule has 0 fully saturated rings. The lowest BCUT2D eigenvalue weighted by molar-refractivity contribution is -0.142. The minimum Gasteiger partial charge on any atom is -0.480 e. The van der Waals surface area contributed by atoms with Crippen LogP contribution in [0.15, 0.2) is 4.99 Å². The Bertz CT molecular complexity index is 658. The minimum absolute atomic E-state index is 0.0978. The standard InChI is InChI=1S/C19H37N7O5S/c1-4-11(2)15(26-14(27)10-20)17(29)24-12(6-5-8-23-19(21)22)16(28)25-13(18(30)31)7-9-32-3/h11-13,15H,4-10,20H2,1-3H3,(H,24,29)(H,25,28)(H,26,27)(H,30,31)(H4,21,22,23). The van der Waals surface area contributed by atoms with Crippen LogP contribution in [0.2, 0.25) is 0 Å². The molecule has 0 aliphatic carbocycles. The van der Waals surface area contributed by atoms with E-state index in [9.17, 15) is 24.3 Å². The van der Waals surface area contributed by atoms with Crippen molar-refractivity contribution in [3.8, 4) is 0 Å². The van der Waals surface area contributed by atoms with Crippen molar-refractivity contribution in [2.75, 3.05) is 25.1 Å². The number of carbonyl (C=O) groups excluding carboxylic acids is 3. The normalized spacial score (nSPS) is 14.4. The number of guanidine groups is 1. The van der Waals surface area contributed by atoms with Gasteiger partial charge in [0.1, 0.15) is 18.1 Å². The SMILES string of the molecule is CCC(C)C(NC(=O)CN)C(=O)NC(CCCN=C(N)N)C(=O)NC(CCSC)C(=O)O. The number of carboxylic acids is 1. The molecule has 0 saturated carbocycles. The molecule has 4 unspecified atom stereocenters. The third-order valence-electron chi connectivity index (χ3n) is 4.80. The molecule has 13 heteroatoms. The van der Waals surface area contributed by atoms with E-state index in [1.54, 1.807) is 6.92 Å². The number of amides is 3. The summed E-state index contributed by atoms with van der Waals surface area (Å²) in [4.78, 5) is 52.9. The van der Waals surface area contributed by atoms with E-state index >= 15 is 0 Å². The maximum atomic E-state index is 12.9. The number of aliphatic carboxylic acids is 1.